The Hall–Kier alpha value is -0.717. The van der Waals surface area contributed by atoms with E-state index in [1.54, 1.807) is 8.83 Å². The molecule has 0 amide bonds. The Morgan fingerprint density at radius 2 is 1.28 bits per heavy atom. The predicted molar refractivity (Wildman–Crippen MR) is 126 cm³/mol. The average molecular weight is 471 g/mol. The maximum absolute atomic E-state index is 4.09. The van der Waals surface area contributed by atoms with Gasteiger partial charge in [-0.25, -0.2) is 0 Å². The van der Waals surface area contributed by atoms with Crippen LogP contribution in [0.1, 0.15) is 84.6 Å². The minimum absolute atomic E-state index is 0.148. The summed E-state index contributed by atoms with van der Waals surface area (Å²) in [4.78, 5) is 0. The Balaban J connectivity index is 2.26. The zero-order valence-corrected chi connectivity index (χ0v) is 23.1. The van der Waals surface area contributed by atoms with Crippen molar-refractivity contribution >= 4 is 3.27 Å². The normalized spacial score (nSPS) is 14.7. The molecule has 0 fully saturated rings. The number of fused-ring (bicyclic) bond motifs is 3. The van der Waals surface area contributed by atoms with Crippen LogP contribution < -0.4 is 6.53 Å². The molecule has 0 saturated heterocycles. The molecule has 0 atom stereocenters. The standard InChI is InChI=1S/C21H25.C4H10N.2CH3.Zr/c1-20(2,3)16-9-7-14-11-15-8-10-17(21(4,5)6)13-19(15)18(14)12-16;1-4(2,3)5;;;/h7,9-10,12-13H,11H2,1-6H3;5H,1-3H3;2*1H3;/q;-1;;;+1. The molecule has 0 aliphatic heterocycles. The van der Waals surface area contributed by atoms with Gasteiger partial charge in [-0.2, -0.15) is 0 Å². The van der Waals surface area contributed by atoms with Crippen LogP contribution in [0.25, 0.3) is 11.1 Å². The third-order valence-corrected chi connectivity index (χ3v) is 13.9. The van der Waals surface area contributed by atoms with Crippen molar-refractivity contribution < 1.29 is 20.6 Å². The summed E-state index contributed by atoms with van der Waals surface area (Å²) in [6.07, 6.45) is 1.08. The molecule has 1 aliphatic carbocycles. The zero-order valence-electron chi connectivity index (χ0n) is 20.6. The molecule has 2 aromatic rings. The van der Waals surface area contributed by atoms with E-state index in [1.165, 1.54) is 27.8 Å². The van der Waals surface area contributed by atoms with Crippen molar-refractivity contribution in [2.24, 2.45) is 0 Å². The second-order valence-electron chi connectivity index (χ2n) is 12.6. The van der Waals surface area contributed by atoms with Gasteiger partial charge < -0.3 is 0 Å². The van der Waals surface area contributed by atoms with Gasteiger partial charge in [-0.15, -0.1) is 0 Å². The zero-order chi connectivity index (χ0) is 22.0. The van der Waals surface area contributed by atoms with Gasteiger partial charge in [0.15, 0.2) is 0 Å². The predicted octanol–water partition coefficient (Wildman–Crippen LogP) is 7.03. The van der Waals surface area contributed by atoms with Gasteiger partial charge in [0.05, 0.1) is 0 Å². The van der Waals surface area contributed by atoms with E-state index in [4.69, 9.17) is 0 Å². The van der Waals surface area contributed by atoms with Gasteiger partial charge >= 0.3 is 185 Å². The first-order valence-electron chi connectivity index (χ1n) is 11.1. The Kier molecular flexibility index (Phi) is 5.67. The van der Waals surface area contributed by atoms with Crippen molar-refractivity contribution in [3.63, 3.8) is 0 Å². The molecule has 1 N–H and O–H groups in total. The summed E-state index contributed by atoms with van der Waals surface area (Å²) < 4.78 is 10.8. The van der Waals surface area contributed by atoms with Crippen LogP contribution in [-0.4, -0.2) is 5.54 Å². The molecule has 158 valence electrons. The second-order valence-corrected chi connectivity index (χ2v) is 22.5. The van der Waals surface area contributed by atoms with Crippen LogP contribution in [-0.2, 0) is 37.8 Å². The van der Waals surface area contributed by atoms with Crippen LogP contribution in [0, 0.1) is 0 Å². The van der Waals surface area contributed by atoms with Gasteiger partial charge in [0.2, 0.25) is 0 Å². The third kappa shape index (κ3) is 4.80. The van der Waals surface area contributed by atoms with Gasteiger partial charge in [-0.1, -0.05) is 0 Å². The molecule has 1 aliphatic rings. The molecule has 0 spiro atoms. The van der Waals surface area contributed by atoms with E-state index in [0.717, 1.165) is 6.42 Å². The Morgan fingerprint density at radius 3 is 1.79 bits per heavy atom. The van der Waals surface area contributed by atoms with Crippen LogP contribution in [0.4, 0.5) is 0 Å². The van der Waals surface area contributed by atoms with Gasteiger partial charge in [-0.3, -0.25) is 0 Å². The van der Waals surface area contributed by atoms with E-state index >= 15 is 0 Å². The van der Waals surface area contributed by atoms with Gasteiger partial charge in [0, 0.05) is 0 Å². The van der Waals surface area contributed by atoms with Gasteiger partial charge in [0.25, 0.3) is 0 Å². The first kappa shape index (κ1) is 23.0. The maximum atomic E-state index is 4.09. The molecule has 0 unspecified atom stereocenters. The van der Waals surface area contributed by atoms with Gasteiger partial charge in [0.1, 0.15) is 0 Å². The summed E-state index contributed by atoms with van der Waals surface area (Å²) in [6, 6.07) is 12.3. The van der Waals surface area contributed by atoms with Crippen LogP contribution >= 0.6 is 0 Å². The Morgan fingerprint density at radius 1 is 0.724 bits per heavy atom. The van der Waals surface area contributed by atoms with Crippen molar-refractivity contribution in [1.29, 1.82) is 0 Å². The molecule has 0 radical (unpaired) electrons. The van der Waals surface area contributed by atoms with Crippen molar-refractivity contribution in [2.45, 2.75) is 94.4 Å². The fraction of sp³-hybridized carbons (Fsp3) is 0.556. The quantitative estimate of drug-likeness (QED) is 0.424. The van der Waals surface area contributed by atoms with Crippen LogP contribution in [0.15, 0.2) is 30.3 Å². The summed E-state index contributed by atoms with van der Waals surface area (Å²) in [5, 5.41) is 0. The molecule has 1 nitrogen and oxygen atoms in total. The molecule has 2 aromatic carbocycles. The van der Waals surface area contributed by atoms with Crippen molar-refractivity contribution in [3.8, 4) is 11.1 Å². The van der Waals surface area contributed by atoms with E-state index in [0.29, 0.717) is 0 Å². The molecule has 0 heterocycles. The van der Waals surface area contributed by atoms with E-state index in [-0.39, 0.29) is 16.4 Å². The van der Waals surface area contributed by atoms with Crippen molar-refractivity contribution in [1.82, 2.24) is 3.26 Å². The topological polar surface area (TPSA) is 12.0 Å². The number of hydrogen-bond acceptors (Lipinski definition) is 1. The van der Waals surface area contributed by atoms with Gasteiger partial charge in [-0.05, 0) is 0 Å². The van der Waals surface area contributed by atoms with E-state index in [1.807, 2.05) is 0 Å². The van der Waals surface area contributed by atoms with Crippen molar-refractivity contribution in [3.05, 3.63) is 52.6 Å². The molecule has 0 bridgehead atoms. The van der Waals surface area contributed by atoms with Crippen LogP contribution in [0.2, 0.25) is 9.26 Å². The summed E-state index contributed by atoms with van der Waals surface area (Å²) in [5.41, 5.74) is 9.44. The first-order chi connectivity index (χ1) is 13.0. The molecule has 0 saturated carbocycles. The number of nitrogens with one attached hydrogen (secondary N) is 1. The van der Waals surface area contributed by atoms with Crippen LogP contribution in [0.5, 0.6) is 0 Å². The minimum atomic E-state index is -2.70. The SMILES string of the molecule is CC(C)(C)[NH][Zr]([CH3])([CH3])[c]1cc(C(C)(C)C)cc2c1Cc1ccc(C(C)(C)C)cc1-2. The average Bonchev–Trinajstić information content (AvgIpc) is 2.87. The summed E-state index contributed by atoms with van der Waals surface area (Å²) in [5.74, 6) is 0. The molecular weight excluding hydrogens is 430 g/mol. The fourth-order valence-corrected chi connectivity index (χ4v) is 13.3. The molecule has 3 rings (SSSR count). The van der Waals surface area contributed by atoms with E-state index in [9.17, 15) is 0 Å². The second kappa shape index (κ2) is 7.17. The van der Waals surface area contributed by atoms with E-state index < -0.39 is 20.6 Å². The molecule has 29 heavy (non-hydrogen) atoms. The molecular formula is C27H41NZr. The fourth-order valence-electron chi connectivity index (χ4n) is 4.74. The summed E-state index contributed by atoms with van der Waals surface area (Å²) in [6.45, 7) is 20.9. The summed E-state index contributed by atoms with van der Waals surface area (Å²) in [7, 11) is 0. The Labute approximate surface area is 184 Å². The number of rotatable bonds is 2. The third-order valence-electron chi connectivity index (χ3n) is 6.11. The first-order valence-corrected chi connectivity index (χ1v) is 18.5. The van der Waals surface area contributed by atoms with Crippen molar-refractivity contribution in [2.75, 3.05) is 0 Å². The molecule has 0 aromatic heterocycles. The van der Waals surface area contributed by atoms with E-state index in [2.05, 4.69) is 105 Å². The molecule has 2 heteroatoms. The number of benzene rings is 2. The monoisotopic (exact) mass is 469 g/mol. The van der Waals surface area contributed by atoms with Crippen LogP contribution in [0.3, 0.4) is 0 Å². The Bertz CT molecular complexity index is 931. The number of hydrogen-bond donors (Lipinski definition) is 1. The summed E-state index contributed by atoms with van der Waals surface area (Å²) >= 11 is -2.70.